The predicted molar refractivity (Wildman–Crippen MR) is 85.8 cm³/mol. The predicted octanol–water partition coefficient (Wildman–Crippen LogP) is 2.17. The fourth-order valence-electron chi connectivity index (χ4n) is 1.91. The SMILES string of the molecule is NC(=O)c1cccc(CSc2nnnn2Cc2cccs2)c1. The summed E-state index contributed by atoms with van der Waals surface area (Å²) in [5.41, 5.74) is 6.81. The Morgan fingerprint density at radius 3 is 3.00 bits per heavy atom. The molecule has 112 valence electrons. The summed E-state index contributed by atoms with van der Waals surface area (Å²) < 4.78 is 1.77. The molecule has 2 N–H and O–H groups in total. The molecule has 0 bridgehead atoms. The van der Waals surface area contributed by atoms with Crippen molar-refractivity contribution in [2.75, 3.05) is 0 Å². The van der Waals surface area contributed by atoms with Crippen LogP contribution in [-0.4, -0.2) is 26.1 Å². The van der Waals surface area contributed by atoms with Crippen LogP contribution in [0.2, 0.25) is 0 Å². The first-order valence-corrected chi connectivity index (χ1v) is 8.39. The second kappa shape index (κ2) is 6.71. The number of primary amides is 1. The highest BCUT2D eigenvalue weighted by molar-refractivity contribution is 7.98. The Balaban J connectivity index is 1.68. The molecule has 8 heteroatoms. The molecular weight excluding hydrogens is 318 g/mol. The lowest BCUT2D eigenvalue weighted by Crippen LogP contribution is -2.10. The number of nitrogens with zero attached hydrogens (tertiary/aromatic N) is 4. The van der Waals surface area contributed by atoms with Crippen LogP contribution in [0, 0.1) is 0 Å². The van der Waals surface area contributed by atoms with Gasteiger partial charge in [-0.25, -0.2) is 4.68 Å². The minimum absolute atomic E-state index is 0.422. The maximum absolute atomic E-state index is 11.2. The van der Waals surface area contributed by atoms with Crippen LogP contribution in [-0.2, 0) is 12.3 Å². The van der Waals surface area contributed by atoms with Crippen LogP contribution in [0.4, 0.5) is 0 Å². The summed E-state index contributed by atoms with van der Waals surface area (Å²) in [4.78, 5) is 12.4. The Hall–Kier alpha value is -2.19. The summed E-state index contributed by atoms with van der Waals surface area (Å²) >= 11 is 3.20. The van der Waals surface area contributed by atoms with E-state index in [9.17, 15) is 4.79 Å². The largest absolute Gasteiger partial charge is 0.366 e. The van der Waals surface area contributed by atoms with Crippen LogP contribution in [0.3, 0.4) is 0 Å². The topological polar surface area (TPSA) is 86.7 Å². The molecule has 0 aliphatic carbocycles. The van der Waals surface area contributed by atoms with Crippen LogP contribution in [0.25, 0.3) is 0 Å². The molecule has 22 heavy (non-hydrogen) atoms. The molecule has 2 heterocycles. The van der Waals surface area contributed by atoms with Gasteiger partial charge in [-0.05, 0) is 39.6 Å². The average molecular weight is 331 g/mol. The van der Waals surface area contributed by atoms with E-state index in [4.69, 9.17) is 5.73 Å². The molecule has 2 aromatic heterocycles. The second-order valence-corrected chi connectivity index (χ2v) is 6.53. The van der Waals surface area contributed by atoms with Crippen molar-refractivity contribution < 1.29 is 4.79 Å². The lowest BCUT2D eigenvalue weighted by Gasteiger charge is -2.04. The first kappa shape index (κ1) is 14.7. The minimum Gasteiger partial charge on any atom is -0.366 e. The van der Waals surface area contributed by atoms with Crippen LogP contribution in [0.5, 0.6) is 0 Å². The highest BCUT2D eigenvalue weighted by Crippen LogP contribution is 2.22. The molecule has 0 aliphatic heterocycles. The van der Waals surface area contributed by atoms with Gasteiger partial charge in [0.1, 0.15) is 0 Å². The maximum atomic E-state index is 11.2. The van der Waals surface area contributed by atoms with Crippen LogP contribution < -0.4 is 5.73 Å². The van der Waals surface area contributed by atoms with Crippen LogP contribution in [0.15, 0.2) is 46.9 Å². The number of thiophene rings is 1. The molecule has 6 nitrogen and oxygen atoms in total. The van der Waals surface area contributed by atoms with E-state index < -0.39 is 5.91 Å². The van der Waals surface area contributed by atoms with Gasteiger partial charge in [0.15, 0.2) is 0 Å². The van der Waals surface area contributed by atoms with Crippen molar-refractivity contribution in [2.45, 2.75) is 17.5 Å². The van der Waals surface area contributed by atoms with Gasteiger partial charge in [0.25, 0.3) is 0 Å². The summed E-state index contributed by atoms with van der Waals surface area (Å²) in [5, 5.41) is 14.6. The summed E-state index contributed by atoms with van der Waals surface area (Å²) in [5.74, 6) is 0.251. The molecule has 0 unspecified atom stereocenters. The number of hydrogen-bond donors (Lipinski definition) is 1. The number of thioether (sulfide) groups is 1. The molecule has 0 radical (unpaired) electrons. The summed E-state index contributed by atoms with van der Waals surface area (Å²) in [6.45, 7) is 0.661. The monoisotopic (exact) mass is 331 g/mol. The number of tetrazole rings is 1. The zero-order valence-electron chi connectivity index (χ0n) is 11.5. The van der Waals surface area contributed by atoms with Gasteiger partial charge in [-0.1, -0.05) is 30.0 Å². The van der Waals surface area contributed by atoms with Gasteiger partial charge in [-0.3, -0.25) is 4.79 Å². The Morgan fingerprint density at radius 2 is 2.23 bits per heavy atom. The van der Waals surface area contributed by atoms with Crippen LogP contribution >= 0.6 is 23.1 Å². The normalized spacial score (nSPS) is 10.7. The summed E-state index contributed by atoms with van der Waals surface area (Å²) in [7, 11) is 0. The number of benzene rings is 1. The lowest BCUT2D eigenvalue weighted by atomic mass is 10.1. The standard InChI is InChI=1S/C14H13N5OS2/c15-13(20)11-4-1-3-10(7-11)9-22-14-16-17-18-19(14)8-12-5-2-6-21-12/h1-7H,8-9H2,(H2,15,20). The van der Waals surface area contributed by atoms with E-state index in [1.165, 1.54) is 16.6 Å². The third kappa shape index (κ3) is 3.52. The van der Waals surface area contributed by atoms with E-state index in [1.54, 1.807) is 28.2 Å². The number of nitrogens with two attached hydrogens (primary N) is 1. The second-order valence-electron chi connectivity index (χ2n) is 4.55. The Morgan fingerprint density at radius 1 is 1.32 bits per heavy atom. The fraction of sp³-hybridized carbons (Fsp3) is 0.143. The van der Waals surface area contributed by atoms with Gasteiger partial charge in [-0.2, -0.15) is 0 Å². The van der Waals surface area contributed by atoms with Crippen molar-refractivity contribution in [3.8, 4) is 0 Å². The zero-order chi connectivity index (χ0) is 15.4. The van der Waals surface area contributed by atoms with E-state index in [2.05, 4.69) is 21.6 Å². The van der Waals surface area contributed by atoms with E-state index in [-0.39, 0.29) is 0 Å². The molecule has 1 amide bonds. The van der Waals surface area contributed by atoms with E-state index in [0.29, 0.717) is 17.9 Å². The van der Waals surface area contributed by atoms with Crippen molar-refractivity contribution >= 4 is 29.0 Å². The molecular formula is C14H13N5OS2. The Labute approximate surface area is 135 Å². The highest BCUT2D eigenvalue weighted by Gasteiger charge is 2.09. The van der Waals surface area contributed by atoms with E-state index in [1.807, 2.05) is 23.6 Å². The number of carbonyl (C=O) groups excluding carboxylic acids is 1. The molecule has 0 fully saturated rings. The molecule has 0 aliphatic rings. The zero-order valence-corrected chi connectivity index (χ0v) is 13.2. The molecule has 3 rings (SSSR count). The van der Waals surface area contributed by atoms with Crippen molar-refractivity contribution in [2.24, 2.45) is 5.73 Å². The van der Waals surface area contributed by atoms with Gasteiger partial charge in [0.2, 0.25) is 11.1 Å². The first-order chi connectivity index (χ1) is 10.7. The van der Waals surface area contributed by atoms with Gasteiger partial charge in [0.05, 0.1) is 6.54 Å². The third-order valence-corrected chi connectivity index (χ3v) is 4.85. The quantitative estimate of drug-likeness (QED) is 0.700. The molecule has 0 atom stereocenters. The Bertz CT molecular complexity index is 769. The molecule has 0 spiro atoms. The third-order valence-electron chi connectivity index (χ3n) is 2.96. The maximum Gasteiger partial charge on any atom is 0.248 e. The number of amides is 1. The van der Waals surface area contributed by atoms with Crippen molar-refractivity contribution in [1.82, 2.24) is 20.2 Å². The van der Waals surface area contributed by atoms with E-state index >= 15 is 0 Å². The van der Waals surface area contributed by atoms with Crippen molar-refractivity contribution in [3.05, 3.63) is 57.8 Å². The smallest absolute Gasteiger partial charge is 0.248 e. The number of carbonyl (C=O) groups is 1. The molecule has 1 aromatic carbocycles. The Kier molecular flexibility index (Phi) is 4.50. The van der Waals surface area contributed by atoms with Gasteiger partial charge >= 0.3 is 0 Å². The molecule has 0 saturated carbocycles. The van der Waals surface area contributed by atoms with Gasteiger partial charge in [0, 0.05) is 16.2 Å². The molecule has 3 aromatic rings. The number of rotatable bonds is 6. The number of aromatic nitrogens is 4. The summed E-state index contributed by atoms with van der Waals surface area (Å²) in [6, 6.07) is 11.3. The summed E-state index contributed by atoms with van der Waals surface area (Å²) in [6.07, 6.45) is 0. The van der Waals surface area contributed by atoms with E-state index in [0.717, 1.165) is 10.7 Å². The van der Waals surface area contributed by atoms with Crippen molar-refractivity contribution in [3.63, 3.8) is 0 Å². The molecule has 0 saturated heterocycles. The highest BCUT2D eigenvalue weighted by atomic mass is 32.2. The first-order valence-electron chi connectivity index (χ1n) is 6.52. The minimum atomic E-state index is -0.422. The van der Waals surface area contributed by atoms with Crippen LogP contribution in [0.1, 0.15) is 20.8 Å². The van der Waals surface area contributed by atoms with Gasteiger partial charge in [-0.15, -0.1) is 16.4 Å². The van der Waals surface area contributed by atoms with Gasteiger partial charge < -0.3 is 5.73 Å². The van der Waals surface area contributed by atoms with Crippen molar-refractivity contribution in [1.29, 1.82) is 0 Å². The lowest BCUT2D eigenvalue weighted by molar-refractivity contribution is 0.1000. The fourth-order valence-corrected chi connectivity index (χ4v) is 3.42. The average Bonchev–Trinajstić information content (AvgIpc) is 3.18. The number of hydrogen-bond acceptors (Lipinski definition) is 6.